The minimum absolute atomic E-state index is 0.552. The molecule has 0 N–H and O–H groups in total. The summed E-state index contributed by atoms with van der Waals surface area (Å²) >= 11 is 0. The molecule has 150 valence electrons. The fourth-order valence-electron chi connectivity index (χ4n) is 7.07. The van der Waals surface area contributed by atoms with Gasteiger partial charge in [0.2, 0.25) is 0 Å². The molecule has 5 atom stereocenters. The summed E-state index contributed by atoms with van der Waals surface area (Å²) in [4.78, 5) is 0. The first-order valence-electron chi connectivity index (χ1n) is 12.0. The summed E-state index contributed by atoms with van der Waals surface area (Å²) < 4.78 is 0. The van der Waals surface area contributed by atoms with Gasteiger partial charge in [0, 0.05) is 0 Å². The molecule has 1 aromatic rings. The Morgan fingerprint density at radius 1 is 0.926 bits per heavy atom. The molecular weight excluding hydrogens is 324 g/mol. The quantitative estimate of drug-likeness (QED) is 0.500. The highest BCUT2D eigenvalue weighted by Crippen LogP contribution is 2.61. The molecule has 0 spiro atoms. The summed E-state index contributed by atoms with van der Waals surface area (Å²) in [5.41, 5.74) is 7.60. The second-order valence-electron chi connectivity index (χ2n) is 11.0. The van der Waals surface area contributed by atoms with E-state index in [2.05, 4.69) is 46.8 Å². The second-order valence-corrected chi connectivity index (χ2v) is 11.0. The molecule has 1 fully saturated rings. The Morgan fingerprint density at radius 3 is 2.48 bits per heavy atom. The van der Waals surface area contributed by atoms with Crippen molar-refractivity contribution in [1.29, 1.82) is 0 Å². The lowest BCUT2D eigenvalue weighted by molar-refractivity contribution is 0.115. The molecule has 1 saturated carbocycles. The maximum atomic E-state index is 2.67. The molecule has 4 rings (SSSR count). The van der Waals surface area contributed by atoms with Crippen molar-refractivity contribution < 1.29 is 0 Å². The standard InChI is InChI=1S/C27H42/c1-18(2)19(3)10-11-20(4)25-14-15-26-24-13-12-21-8-6-7-9-22(21)23(24)16-17-27(25,26)5/h12-13,18-20,25-26H,6-11,14-17H2,1-5H3/t19-,20+,25-,26-,27-/m0/s1. The zero-order valence-electron chi connectivity index (χ0n) is 18.6. The minimum Gasteiger partial charge on any atom is -0.0625 e. The van der Waals surface area contributed by atoms with Gasteiger partial charge in [-0.25, -0.2) is 0 Å². The van der Waals surface area contributed by atoms with Gasteiger partial charge in [-0.1, -0.05) is 59.6 Å². The van der Waals surface area contributed by atoms with Crippen LogP contribution in [0.4, 0.5) is 0 Å². The highest BCUT2D eigenvalue weighted by Gasteiger charge is 2.51. The third-order valence-corrected chi connectivity index (χ3v) is 9.29. The molecule has 0 bridgehead atoms. The molecule has 0 heterocycles. The highest BCUT2D eigenvalue weighted by atomic mass is 14.5. The molecule has 0 aliphatic heterocycles. The number of hydrogen-bond donors (Lipinski definition) is 0. The average Bonchev–Trinajstić information content (AvgIpc) is 3.02. The third kappa shape index (κ3) is 3.40. The lowest BCUT2D eigenvalue weighted by Crippen LogP contribution is -2.36. The molecule has 3 aliphatic rings. The van der Waals surface area contributed by atoms with Crippen molar-refractivity contribution in [2.75, 3.05) is 0 Å². The van der Waals surface area contributed by atoms with Gasteiger partial charge in [0.1, 0.15) is 0 Å². The lowest BCUT2D eigenvalue weighted by atomic mass is 9.59. The van der Waals surface area contributed by atoms with Gasteiger partial charge in [0.15, 0.2) is 0 Å². The number of benzene rings is 1. The number of hydrogen-bond acceptors (Lipinski definition) is 0. The van der Waals surface area contributed by atoms with Crippen LogP contribution in [0.25, 0.3) is 0 Å². The smallest absolute Gasteiger partial charge is 0.0102 e. The summed E-state index contributed by atoms with van der Waals surface area (Å²) in [6, 6.07) is 5.08. The van der Waals surface area contributed by atoms with Gasteiger partial charge in [-0.15, -0.1) is 0 Å². The van der Waals surface area contributed by atoms with E-state index < -0.39 is 0 Å². The van der Waals surface area contributed by atoms with E-state index in [0.717, 1.165) is 29.6 Å². The highest BCUT2D eigenvalue weighted by molar-refractivity contribution is 5.47. The molecule has 3 aliphatic carbocycles. The van der Waals surface area contributed by atoms with E-state index in [1.807, 2.05) is 0 Å². The molecule has 0 heteroatoms. The van der Waals surface area contributed by atoms with Crippen molar-refractivity contribution in [2.45, 2.75) is 105 Å². The molecule has 0 radical (unpaired) electrons. The van der Waals surface area contributed by atoms with Crippen molar-refractivity contribution in [2.24, 2.45) is 29.1 Å². The maximum absolute atomic E-state index is 2.67. The summed E-state index contributed by atoms with van der Waals surface area (Å²) in [5.74, 6) is 4.36. The third-order valence-electron chi connectivity index (χ3n) is 9.29. The van der Waals surface area contributed by atoms with E-state index in [1.54, 1.807) is 22.3 Å². The largest absolute Gasteiger partial charge is 0.0625 e. The van der Waals surface area contributed by atoms with Crippen molar-refractivity contribution in [1.82, 2.24) is 0 Å². The Labute approximate surface area is 168 Å². The van der Waals surface area contributed by atoms with Crippen molar-refractivity contribution in [3.63, 3.8) is 0 Å². The maximum Gasteiger partial charge on any atom is -0.0102 e. The fourth-order valence-corrected chi connectivity index (χ4v) is 7.07. The summed E-state index contributed by atoms with van der Waals surface area (Å²) in [5, 5.41) is 0. The van der Waals surface area contributed by atoms with E-state index in [4.69, 9.17) is 0 Å². The number of aryl methyl sites for hydroxylation is 1. The number of rotatable bonds is 5. The molecule has 0 aromatic heterocycles. The molecule has 0 amide bonds. The van der Waals surface area contributed by atoms with Crippen LogP contribution >= 0.6 is 0 Å². The fraction of sp³-hybridized carbons (Fsp3) is 0.778. The molecule has 0 unspecified atom stereocenters. The zero-order valence-corrected chi connectivity index (χ0v) is 18.6. The van der Waals surface area contributed by atoms with Crippen LogP contribution in [0.15, 0.2) is 12.1 Å². The number of fused-ring (bicyclic) bond motifs is 5. The van der Waals surface area contributed by atoms with E-state index in [9.17, 15) is 0 Å². The Hall–Kier alpha value is -0.780. The Morgan fingerprint density at radius 2 is 1.70 bits per heavy atom. The van der Waals surface area contributed by atoms with Crippen LogP contribution in [0.1, 0.15) is 108 Å². The Kier molecular flexibility index (Phi) is 5.47. The van der Waals surface area contributed by atoms with Gasteiger partial charge in [-0.2, -0.15) is 0 Å². The van der Waals surface area contributed by atoms with Gasteiger partial charge < -0.3 is 0 Å². The Bertz CT molecular complexity index is 669. The van der Waals surface area contributed by atoms with Crippen LogP contribution in [-0.4, -0.2) is 0 Å². The summed E-state index contributed by atoms with van der Waals surface area (Å²) in [6.45, 7) is 12.5. The van der Waals surface area contributed by atoms with Crippen LogP contribution in [-0.2, 0) is 19.3 Å². The SMILES string of the molecule is CC(C)[C@@H](C)CC[C@@H](C)[C@@H]1CC[C@H]2c3ccc4c(c3CC[C@]21C)CCCC4. The molecular formula is C27H42. The van der Waals surface area contributed by atoms with E-state index in [1.165, 1.54) is 64.2 Å². The summed E-state index contributed by atoms with van der Waals surface area (Å²) in [7, 11) is 0. The van der Waals surface area contributed by atoms with Crippen LogP contribution < -0.4 is 0 Å². The zero-order chi connectivity index (χ0) is 19.2. The van der Waals surface area contributed by atoms with Gasteiger partial charge in [0.25, 0.3) is 0 Å². The van der Waals surface area contributed by atoms with Crippen LogP contribution in [0.5, 0.6) is 0 Å². The first kappa shape index (κ1) is 19.5. The van der Waals surface area contributed by atoms with Crippen molar-refractivity contribution >= 4 is 0 Å². The second kappa shape index (κ2) is 7.57. The minimum atomic E-state index is 0.552. The van der Waals surface area contributed by atoms with Gasteiger partial charge in [-0.05, 0) is 109 Å². The molecule has 0 nitrogen and oxygen atoms in total. The first-order chi connectivity index (χ1) is 12.9. The van der Waals surface area contributed by atoms with E-state index in [-0.39, 0.29) is 0 Å². The Balaban J connectivity index is 1.54. The van der Waals surface area contributed by atoms with Gasteiger partial charge in [0.05, 0.1) is 0 Å². The molecule has 27 heavy (non-hydrogen) atoms. The van der Waals surface area contributed by atoms with Crippen molar-refractivity contribution in [3.05, 3.63) is 34.4 Å². The monoisotopic (exact) mass is 366 g/mol. The van der Waals surface area contributed by atoms with Gasteiger partial charge >= 0.3 is 0 Å². The van der Waals surface area contributed by atoms with Gasteiger partial charge in [-0.3, -0.25) is 0 Å². The normalized spacial score (nSPS) is 31.9. The van der Waals surface area contributed by atoms with Crippen LogP contribution in [0, 0.1) is 29.1 Å². The average molecular weight is 367 g/mol. The predicted molar refractivity (Wildman–Crippen MR) is 117 cm³/mol. The van der Waals surface area contributed by atoms with Crippen LogP contribution in [0.3, 0.4) is 0 Å². The van der Waals surface area contributed by atoms with Crippen molar-refractivity contribution in [3.8, 4) is 0 Å². The summed E-state index contributed by atoms with van der Waals surface area (Å²) in [6.07, 6.45) is 14.1. The predicted octanol–water partition coefficient (Wildman–Crippen LogP) is 7.72. The van der Waals surface area contributed by atoms with E-state index in [0.29, 0.717) is 5.41 Å². The first-order valence-corrected chi connectivity index (χ1v) is 12.0. The molecule has 0 saturated heterocycles. The van der Waals surface area contributed by atoms with E-state index >= 15 is 0 Å². The topological polar surface area (TPSA) is 0 Å². The lowest BCUT2D eigenvalue weighted by Gasteiger charge is -2.45. The molecule has 1 aromatic carbocycles. The van der Waals surface area contributed by atoms with Crippen LogP contribution in [0.2, 0.25) is 0 Å².